The first-order chi connectivity index (χ1) is 8.15. The van der Waals surface area contributed by atoms with Gasteiger partial charge in [-0.25, -0.2) is 0 Å². The van der Waals surface area contributed by atoms with Crippen LogP contribution in [0.1, 0.15) is 6.92 Å². The van der Waals surface area contributed by atoms with E-state index in [9.17, 15) is 4.79 Å². The summed E-state index contributed by atoms with van der Waals surface area (Å²) in [6.45, 7) is 3.63. The van der Waals surface area contributed by atoms with E-state index in [1.807, 2.05) is 56.3 Å². The van der Waals surface area contributed by atoms with Crippen molar-refractivity contribution in [3.63, 3.8) is 0 Å². The van der Waals surface area contributed by atoms with Crippen LogP contribution in [0.4, 0.5) is 5.69 Å². The van der Waals surface area contributed by atoms with Gasteiger partial charge < -0.3 is 10.6 Å². The molecule has 0 saturated carbocycles. The monoisotopic (exact) mass is 235 g/mol. The molecule has 0 aromatic heterocycles. The van der Waals surface area contributed by atoms with Gasteiger partial charge in [0.05, 0.1) is 6.04 Å². The predicted octanol–water partition coefficient (Wildman–Crippen LogP) is 1.16. The maximum atomic E-state index is 11.9. The van der Waals surface area contributed by atoms with Crippen molar-refractivity contribution in [3.05, 3.63) is 30.3 Å². The van der Waals surface area contributed by atoms with Crippen molar-refractivity contribution in [1.29, 1.82) is 0 Å². The highest BCUT2D eigenvalue weighted by molar-refractivity contribution is 5.94. The zero-order valence-electron chi connectivity index (χ0n) is 10.7. The number of benzene rings is 1. The third-order valence-corrected chi connectivity index (χ3v) is 2.80. The lowest BCUT2D eigenvalue weighted by Gasteiger charge is -2.23. The van der Waals surface area contributed by atoms with Gasteiger partial charge in [0.1, 0.15) is 0 Å². The fourth-order valence-electron chi connectivity index (χ4n) is 1.45. The number of likely N-dealkylation sites (N-methyl/N-ethyl adjacent to an activating group) is 2. The van der Waals surface area contributed by atoms with Gasteiger partial charge in [0.15, 0.2) is 0 Å². The van der Waals surface area contributed by atoms with E-state index in [1.165, 1.54) is 0 Å². The number of rotatable bonds is 6. The summed E-state index contributed by atoms with van der Waals surface area (Å²) in [6.07, 6.45) is 0. The second-order valence-electron chi connectivity index (χ2n) is 4.12. The Bertz CT molecular complexity index is 340. The molecule has 0 bridgehead atoms. The first-order valence-electron chi connectivity index (χ1n) is 5.86. The number of amides is 1. The van der Waals surface area contributed by atoms with Gasteiger partial charge in [-0.2, -0.15) is 0 Å². The Hall–Kier alpha value is -1.39. The molecule has 94 valence electrons. The Morgan fingerprint density at radius 3 is 2.59 bits per heavy atom. The minimum absolute atomic E-state index is 0.0230. The molecule has 1 atom stereocenters. The zero-order valence-corrected chi connectivity index (χ0v) is 10.7. The molecule has 2 N–H and O–H groups in total. The molecule has 1 amide bonds. The molecule has 0 aliphatic carbocycles. The highest BCUT2D eigenvalue weighted by Crippen LogP contribution is 2.07. The van der Waals surface area contributed by atoms with E-state index in [1.54, 1.807) is 0 Å². The van der Waals surface area contributed by atoms with Crippen LogP contribution in [0.3, 0.4) is 0 Å². The smallest absolute Gasteiger partial charge is 0.241 e. The first kappa shape index (κ1) is 13.7. The van der Waals surface area contributed by atoms with Gasteiger partial charge in [-0.1, -0.05) is 18.2 Å². The Morgan fingerprint density at radius 1 is 1.35 bits per heavy atom. The lowest BCUT2D eigenvalue weighted by molar-refractivity contribution is -0.120. The minimum Gasteiger partial charge on any atom is -0.325 e. The van der Waals surface area contributed by atoms with Crippen molar-refractivity contribution in [3.8, 4) is 0 Å². The Kier molecular flexibility index (Phi) is 5.66. The van der Waals surface area contributed by atoms with Crippen molar-refractivity contribution in [2.45, 2.75) is 13.0 Å². The molecule has 0 heterocycles. The number of nitrogens with zero attached hydrogens (tertiary/aromatic N) is 1. The highest BCUT2D eigenvalue weighted by atomic mass is 16.2. The average Bonchev–Trinajstić information content (AvgIpc) is 2.36. The average molecular weight is 235 g/mol. The summed E-state index contributed by atoms with van der Waals surface area (Å²) in [4.78, 5) is 14.0. The Morgan fingerprint density at radius 2 is 2.00 bits per heavy atom. The summed E-state index contributed by atoms with van der Waals surface area (Å²) >= 11 is 0. The maximum Gasteiger partial charge on any atom is 0.241 e. The third kappa shape index (κ3) is 4.54. The summed E-state index contributed by atoms with van der Waals surface area (Å²) in [5.41, 5.74) is 0.839. The lowest BCUT2D eigenvalue weighted by atomic mass is 10.2. The summed E-state index contributed by atoms with van der Waals surface area (Å²) < 4.78 is 0. The zero-order chi connectivity index (χ0) is 12.7. The van der Waals surface area contributed by atoms with Gasteiger partial charge in [-0.3, -0.25) is 9.69 Å². The van der Waals surface area contributed by atoms with E-state index in [2.05, 4.69) is 10.6 Å². The van der Waals surface area contributed by atoms with Crippen LogP contribution < -0.4 is 10.6 Å². The molecular weight excluding hydrogens is 214 g/mol. The van der Waals surface area contributed by atoms with Crippen LogP contribution in [0.25, 0.3) is 0 Å². The molecular formula is C13H21N3O. The number of hydrogen-bond donors (Lipinski definition) is 2. The summed E-state index contributed by atoms with van der Waals surface area (Å²) in [5.74, 6) is 0.0230. The van der Waals surface area contributed by atoms with Crippen molar-refractivity contribution >= 4 is 11.6 Å². The van der Waals surface area contributed by atoms with Crippen LogP contribution in [0, 0.1) is 0 Å². The van der Waals surface area contributed by atoms with Crippen LogP contribution in [0.5, 0.6) is 0 Å². The molecule has 0 saturated heterocycles. The van der Waals surface area contributed by atoms with Crippen molar-refractivity contribution in [2.75, 3.05) is 32.5 Å². The van der Waals surface area contributed by atoms with Gasteiger partial charge in [0.2, 0.25) is 5.91 Å². The fourth-order valence-corrected chi connectivity index (χ4v) is 1.45. The number of anilines is 1. The molecule has 4 nitrogen and oxygen atoms in total. The predicted molar refractivity (Wildman–Crippen MR) is 71.1 cm³/mol. The molecule has 0 fully saturated rings. The van der Waals surface area contributed by atoms with Crippen LogP contribution in [0.15, 0.2) is 30.3 Å². The molecule has 1 aromatic rings. The number of carbonyl (C=O) groups is 1. The standard InChI is InChI=1S/C13H21N3O/c1-11(16(3)10-9-14-2)13(17)15-12-7-5-4-6-8-12/h4-8,11,14H,9-10H2,1-3H3,(H,15,17). The normalized spacial score (nSPS) is 12.5. The van der Waals surface area contributed by atoms with Gasteiger partial charge >= 0.3 is 0 Å². The number of carbonyl (C=O) groups excluding carboxylic acids is 1. The van der Waals surface area contributed by atoms with E-state index < -0.39 is 0 Å². The molecule has 4 heteroatoms. The highest BCUT2D eigenvalue weighted by Gasteiger charge is 2.17. The maximum absolute atomic E-state index is 11.9. The van der Waals surface area contributed by atoms with Gasteiger partial charge in [0.25, 0.3) is 0 Å². The lowest BCUT2D eigenvalue weighted by Crippen LogP contribution is -2.42. The molecule has 1 rings (SSSR count). The number of hydrogen-bond acceptors (Lipinski definition) is 3. The van der Waals surface area contributed by atoms with E-state index in [0.29, 0.717) is 0 Å². The van der Waals surface area contributed by atoms with E-state index in [0.717, 1.165) is 18.8 Å². The first-order valence-corrected chi connectivity index (χ1v) is 5.86. The van der Waals surface area contributed by atoms with Crippen LogP contribution in [0.2, 0.25) is 0 Å². The Labute approximate surface area is 103 Å². The van der Waals surface area contributed by atoms with Crippen LogP contribution in [-0.2, 0) is 4.79 Å². The summed E-state index contributed by atoms with van der Waals surface area (Å²) in [7, 11) is 3.86. The second kappa shape index (κ2) is 7.04. The second-order valence-corrected chi connectivity index (χ2v) is 4.12. The number of para-hydroxylation sites is 1. The Balaban J connectivity index is 2.47. The van der Waals surface area contributed by atoms with E-state index in [4.69, 9.17) is 0 Å². The summed E-state index contributed by atoms with van der Waals surface area (Å²) in [5, 5.41) is 5.97. The molecule has 1 aromatic carbocycles. The quantitative estimate of drug-likeness (QED) is 0.778. The molecule has 0 aliphatic heterocycles. The largest absolute Gasteiger partial charge is 0.325 e. The fraction of sp³-hybridized carbons (Fsp3) is 0.462. The molecule has 0 spiro atoms. The number of nitrogens with one attached hydrogen (secondary N) is 2. The van der Waals surface area contributed by atoms with Crippen molar-refractivity contribution in [1.82, 2.24) is 10.2 Å². The molecule has 0 aliphatic rings. The van der Waals surface area contributed by atoms with Crippen LogP contribution in [-0.4, -0.2) is 44.0 Å². The van der Waals surface area contributed by atoms with Crippen LogP contribution >= 0.6 is 0 Å². The topological polar surface area (TPSA) is 44.4 Å². The molecule has 1 unspecified atom stereocenters. The third-order valence-electron chi connectivity index (χ3n) is 2.80. The van der Waals surface area contributed by atoms with Gasteiger partial charge in [0, 0.05) is 18.8 Å². The van der Waals surface area contributed by atoms with E-state index >= 15 is 0 Å². The molecule has 0 radical (unpaired) electrons. The van der Waals surface area contributed by atoms with Gasteiger partial charge in [-0.15, -0.1) is 0 Å². The SMILES string of the molecule is CNCCN(C)C(C)C(=O)Nc1ccccc1. The minimum atomic E-state index is -0.136. The van der Waals surface area contributed by atoms with Crippen molar-refractivity contribution in [2.24, 2.45) is 0 Å². The van der Waals surface area contributed by atoms with Crippen molar-refractivity contribution < 1.29 is 4.79 Å². The molecule has 17 heavy (non-hydrogen) atoms. The summed E-state index contributed by atoms with van der Waals surface area (Å²) in [6, 6.07) is 9.38. The van der Waals surface area contributed by atoms with E-state index in [-0.39, 0.29) is 11.9 Å². The van der Waals surface area contributed by atoms with Gasteiger partial charge in [-0.05, 0) is 33.2 Å².